The number of carbonyl (C=O) groups is 1. The number of aromatic nitrogens is 1. The minimum Gasteiger partial charge on any atom is -0.378 e. The van der Waals surface area contributed by atoms with Crippen LogP contribution in [0.4, 0.5) is 0 Å². The monoisotopic (exact) mass is 300 g/mol. The zero-order valence-electron chi connectivity index (χ0n) is 13.2. The summed E-state index contributed by atoms with van der Waals surface area (Å²) in [7, 11) is 0. The van der Waals surface area contributed by atoms with Crippen molar-refractivity contribution in [1.82, 2.24) is 9.88 Å². The number of ether oxygens (including phenoxy) is 1. The van der Waals surface area contributed by atoms with Gasteiger partial charge in [0.1, 0.15) is 5.69 Å². The minimum absolute atomic E-state index is 0.104. The summed E-state index contributed by atoms with van der Waals surface area (Å²) < 4.78 is 5.85. The van der Waals surface area contributed by atoms with Crippen molar-refractivity contribution in [3.8, 4) is 0 Å². The van der Waals surface area contributed by atoms with Gasteiger partial charge in [0, 0.05) is 30.6 Å². The van der Waals surface area contributed by atoms with E-state index in [1.165, 1.54) is 0 Å². The molecule has 4 heteroatoms. The van der Waals surface area contributed by atoms with Crippen molar-refractivity contribution in [2.75, 3.05) is 19.7 Å². The highest BCUT2D eigenvalue weighted by molar-refractivity contribution is 5.98. The highest BCUT2D eigenvalue weighted by Gasteiger charge is 2.22. The van der Waals surface area contributed by atoms with Crippen molar-refractivity contribution in [3.63, 3.8) is 0 Å². The van der Waals surface area contributed by atoms with Gasteiger partial charge in [-0.25, -0.2) is 0 Å². The molecule has 0 bridgehead atoms. The zero-order valence-corrected chi connectivity index (χ0v) is 13.2. The standard InChI is InChI=1S/C18H24N2O2/c1-2-12-22-15-7-5-10-20(11-9-15)18(21)17-13-14-6-3-4-8-16(14)19-17/h3-4,6,8,13,15,19H,2,5,7,9-12H2,1H3/t15-/m0/s1. The van der Waals surface area contributed by atoms with E-state index in [0.717, 1.165) is 56.3 Å². The molecule has 0 saturated carbocycles. The summed E-state index contributed by atoms with van der Waals surface area (Å²) in [4.78, 5) is 17.9. The zero-order chi connectivity index (χ0) is 15.4. The first-order valence-electron chi connectivity index (χ1n) is 8.26. The Morgan fingerprint density at radius 2 is 2.18 bits per heavy atom. The first-order valence-corrected chi connectivity index (χ1v) is 8.26. The summed E-state index contributed by atoms with van der Waals surface area (Å²) in [5, 5.41) is 1.09. The number of fused-ring (bicyclic) bond motifs is 1. The fourth-order valence-corrected chi connectivity index (χ4v) is 3.08. The molecule has 0 radical (unpaired) electrons. The third-order valence-corrected chi connectivity index (χ3v) is 4.28. The number of hydrogen-bond acceptors (Lipinski definition) is 2. The average molecular weight is 300 g/mol. The average Bonchev–Trinajstić information content (AvgIpc) is 2.84. The number of nitrogens with zero attached hydrogens (tertiary/aromatic N) is 1. The fraction of sp³-hybridized carbons (Fsp3) is 0.500. The lowest BCUT2D eigenvalue weighted by atomic mass is 10.2. The topological polar surface area (TPSA) is 45.3 Å². The van der Waals surface area contributed by atoms with Crippen molar-refractivity contribution < 1.29 is 9.53 Å². The van der Waals surface area contributed by atoms with Gasteiger partial charge in [-0.15, -0.1) is 0 Å². The predicted molar refractivity (Wildman–Crippen MR) is 88.1 cm³/mol. The summed E-state index contributed by atoms with van der Waals surface area (Å²) in [6.07, 6.45) is 4.36. The number of amides is 1. The molecule has 1 N–H and O–H groups in total. The molecular weight excluding hydrogens is 276 g/mol. The summed E-state index contributed by atoms with van der Waals surface area (Å²) in [5.74, 6) is 0.104. The van der Waals surface area contributed by atoms with Crippen LogP contribution < -0.4 is 0 Å². The second-order valence-corrected chi connectivity index (χ2v) is 5.99. The number of carbonyl (C=O) groups excluding carboxylic acids is 1. The molecule has 0 spiro atoms. The maximum absolute atomic E-state index is 12.7. The SMILES string of the molecule is CCCO[C@H]1CCCN(C(=O)c2cc3ccccc3[nH]2)CC1. The largest absolute Gasteiger partial charge is 0.378 e. The van der Waals surface area contributed by atoms with E-state index in [0.29, 0.717) is 11.8 Å². The van der Waals surface area contributed by atoms with Gasteiger partial charge in [-0.3, -0.25) is 4.79 Å². The number of benzene rings is 1. The molecule has 2 aromatic rings. The number of para-hydroxylation sites is 1. The molecular formula is C18H24N2O2. The Morgan fingerprint density at radius 1 is 1.32 bits per heavy atom. The lowest BCUT2D eigenvalue weighted by molar-refractivity contribution is 0.0432. The molecule has 0 aliphatic carbocycles. The van der Waals surface area contributed by atoms with E-state index in [9.17, 15) is 4.79 Å². The Morgan fingerprint density at radius 3 is 3.00 bits per heavy atom. The van der Waals surface area contributed by atoms with Crippen LogP contribution in [-0.4, -0.2) is 41.6 Å². The molecule has 22 heavy (non-hydrogen) atoms. The van der Waals surface area contributed by atoms with Gasteiger partial charge in [-0.2, -0.15) is 0 Å². The molecule has 1 aromatic carbocycles. The van der Waals surface area contributed by atoms with E-state index in [2.05, 4.69) is 11.9 Å². The number of likely N-dealkylation sites (tertiary alicyclic amines) is 1. The maximum atomic E-state index is 12.7. The Bertz CT molecular complexity index is 602. The van der Waals surface area contributed by atoms with Crippen molar-refractivity contribution in [1.29, 1.82) is 0 Å². The van der Waals surface area contributed by atoms with Crippen LogP contribution in [0.25, 0.3) is 10.9 Å². The molecule has 1 fully saturated rings. The van der Waals surface area contributed by atoms with Gasteiger partial charge in [-0.1, -0.05) is 25.1 Å². The van der Waals surface area contributed by atoms with Crippen LogP contribution in [-0.2, 0) is 4.74 Å². The van der Waals surface area contributed by atoms with E-state index in [4.69, 9.17) is 4.74 Å². The van der Waals surface area contributed by atoms with E-state index in [-0.39, 0.29) is 5.91 Å². The van der Waals surface area contributed by atoms with Gasteiger partial charge in [0.25, 0.3) is 5.91 Å². The molecule has 1 aliphatic rings. The maximum Gasteiger partial charge on any atom is 0.270 e. The van der Waals surface area contributed by atoms with Crippen molar-refractivity contribution in [2.24, 2.45) is 0 Å². The third kappa shape index (κ3) is 3.33. The van der Waals surface area contributed by atoms with Crippen molar-refractivity contribution >= 4 is 16.8 Å². The molecule has 1 atom stereocenters. The van der Waals surface area contributed by atoms with Gasteiger partial charge in [0.2, 0.25) is 0 Å². The molecule has 0 unspecified atom stereocenters. The number of hydrogen-bond donors (Lipinski definition) is 1. The van der Waals surface area contributed by atoms with Crippen LogP contribution in [0.3, 0.4) is 0 Å². The Kier molecular flexibility index (Phi) is 4.78. The summed E-state index contributed by atoms with van der Waals surface area (Å²) >= 11 is 0. The smallest absolute Gasteiger partial charge is 0.270 e. The van der Waals surface area contributed by atoms with Gasteiger partial charge >= 0.3 is 0 Å². The molecule has 1 aromatic heterocycles. The van der Waals surface area contributed by atoms with E-state index < -0.39 is 0 Å². The van der Waals surface area contributed by atoms with Crippen LogP contribution in [0.1, 0.15) is 43.1 Å². The Labute approximate surface area is 131 Å². The second-order valence-electron chi connectivity index (χ2n) is 5.99. The first-order chi connectivity index (χ1) is 10.8. The summed E-state index contributed by atoms with van der Waals surface area (Å²) in [6, 6.07) is 9.96. The molecule has 3 rings (SSSR count). The van der Waals surface area contributed by atoms with E-state index in [1.54, 1.807) is 0 Å². The lowest BCUT2D eigenvalue weighted by Gasteiger charge is -2.20. The van der Waals surface area contributed by atoms with Gasteiger partial charge in [0.05, 0.1) is 6.10 Å². The molecule has 118 valence electrons. The number of rotatable bonds is 4. The highest BCUT2D eigenvalue weighted by Crippen LogP contribution is 2.19. The van der Waals surface area contributed by atoms with Gasteiger partial charge in [-0.05, 0) is 37.8 Å². The third-order valence-electron chi connectivity index (χ3n) is 4.28. The number of aromatic amines is 1. The summed E-state index contributed by atoms with van der Waals surface area (Å²) in [5.41, 5.74) is 1.71. The highest BCUT2D eigenvalue weighted by atomic mass is 16.5. The Balaban J connectivity index is 1.67. The molecule has 4 nitrogen and oxygen atoms in total. The predicted octanol–water partition coefficient (Wildman–Crippen LogP) is 3.59. The number of H-pyrrole nitrogens is 1. The quantitative estimate of drug-likeness (QED) is 0.938. The van der Waals surface area contributed by atoms with Crippen molar-refractivity contribution in [2.45, 2.75) is 38.7 Å². The van der Waals surface area contributed by atoms with Crippen LogP contribution in [0.2, 0.25) is 0 Å². The molecule has 1 saturated heterocycles. The Hall–Kier alpha value is -1.81. The van der Waals surface area contributed by atoms with Crippen LogP contribution >= 0.6 is 0 Å². The summed E-state index contributed by atoms with van der Waals surface area (Å²) in [6.45, 7) is 4.55. The normalized spacial score (nSPS) is 19.3. The van der Waals surface area contributed by atoms with Crippen LogP contribution in [0.15, 0.2) is 30.3 Å². The minimum atomic E-state index is 0.104. The molecule has 1 aliphatic heterocycles. The second kappa shape index (κ2) is 6.97. The van der Waals surface area contributed by atoms with Crippen molar-refractivity contribution in [3.05, 3.63) is 36.0 Å². The number of nitrogens with one attached hydrogen (secondary N) is 1. The van der Waals surface area contributed by atoms with E-state index in [1.807, 2.05) is 35.2 Å². The lowest BCUT2D eigenvalue weighted by Crippen LogP contribution is -2.32. The fourth-order valence-electron chi connectivity index (χ4n) is 3.08. The molecule has 2 heterocycles. The first kappa shape index (κ1) is 15.1. The van der Waals surface area contributed by atoms with Crippen LogP contribution in [0, 0.1) is 0 Å². The van der Waals surface area contributed by atoms with Crippen LogP contribution in [0.5, 0.6) is 0 Å². The van der Waals surface area contributed by atoms with Gasteiger partial charge < -0.3 is 14.6 Å². The van der Waals surface area contributed by atoms with Gasteiger partial charge in [0.15, 0.2) is 0 Å². The van der Waals surface area contributed by atoms with E-state index >= 15 is 0 Å². The molecule has 1 amide bonds.